The molecule has 2 aromatic rings. The van der Waals surface area contributed by atoms with Gasteiger partial charge >= 0.3 is 0 Å². The van der Waals surface area contributed by atoms with Crippen LogP contribution in [0.4, 0.5) is 5.00 Å². The van der Waals surface area contributed by atoms with Gasteiger partial charge < -0.3 is 15.0 Å². The fourth-order valence-electron chi connectivity index (χ4n) is 2.96. The molecule has 2 aromatic heterocycles. The van der Waals surface area contributed by atoms with Crippen molar-refractivity contribution < 1.29 is 9.26 Å². The van der Waals surface area contributed by atoms with Crippen LogP contribution in [0.3, 0.4) is 0 Å². The van der Waals surface area contributed by atoms with Crippen LogP contribution in [0.1, 0.15) is 51.0 Å². The number of aromatic nitrogens is 2. The molecule has 0 bridgehead atoms. The lowest BCUT2D eigenvalue weighted by Crippen LogP contribution is -2.20. The van der Waals surface area contributed by atoms with Crippen LogP contribution in [0.15, 0.2) is 16.7 Å². The lowest BCUT2D eigenvalue weighted by molar-refractivity contribution is -0.00145. The van der Waals surface area contributed by atoms with E-state index in [0.717, 1.165) is 9.88 Å². The van der Waals surface area contributed by atoms with Gasteiger partial charge in [-0.1, -0.05) is 24.4 Å². The normalized spacial score (nSPS) is 18.0. The summed E-state index contributed by atoms with van der Waals surface area (Å²) < 4.78 is 11.3. The molecule has 1 unspecified atom stereocenters. The quantitative estimate of drug-likeness (QED) is 0.902. The third-order valence-corrected chi connectivity index (χ3v) is 4.86. The first kappa shape index (κ1) is 14.5. The van der Waals surface area contributed by atoms with Crippen molar-refractivity contribution in [3.05, 3.63) is 18.0 Å². The molecule has 21 heavy (non-hydrogen) atoms. The molecular weight excluding hydrogens is 286 g/mol. The molecule has 0 aliphatic heterocycles. The van der Waals surface area contributed by atoms with Crippen LogP contribution in [0.2, 0.25) is 0 Å². The number of nitrogen functional groups attached to an aromatic ring is 1. The number of nitrogens with two attached hydrogens (primary N) is 1. The summed E-state index contributed by atoms with van der Waals surface area (Å²) in [7, 11) is 0. The summed E-state index contributed by atoms with van der Waals surface area (Å²) in [4.78, 5) is 5.45. The average Bonchev–Trinajstić information content (AvgIpc) is 3.14. The highest BCUT2D eigenvalue weighted by molar-refractivity contribution is 7.19. The van der Waals surface area contributed by atoms with Crippen molar-refractivity contribution in [2.45, 2.75) is 45.1 Å². The molecule has 2 N–H and O–H groups in total. The molecule has 0 amide bonds. The smallest absolute Gasteiger partial charge is 0.268 e. The van der Waals surface area contributed by atoms with Crippen molar-refractivity contribution in [1.82, 2.24) is 10.1 Å². The predicted octanol–water partition coefficient (Wildman–Crippen LogP) is 4.04. The molecule has 6 heteroatoms. The van der Waals surface area contributed by atoms with Crippen molar-refractivity contribution in [3.63, 3.8) is 0 Å². The minimum Gasteiger partial charge on any atom is -0.391 e. The Morgan fingerprint density at radius 3 is 2.86 bits per heavy atom. The Morgan fingerprint density at radius 2 is 2.19 bits per heavy atom. The Morgan fingerprint density at radius 1 is 1.38 bits per heavy atom. The van der Waals surface area contributed by atoms with Gasteiger partial charge in [-0.05, 0) is 37.8 Å². The van der Waals surface area contributed by atoms with Gasteiger partial charge in [-0.15, -0.1) is 11.3 Å². The van der Waals surface area contributed by atoms with E-state index < -0.39 is 0 Å². The predicted molar refractivity (Wildman–Crippen MR) is 83.0 cm³/mol. The zero-order valence-corrected chi connectivity index (χ0v) is 13.1. The van der Waals surface area contributed by atoms with Gasteiger partial charge in [0.1, 0.15) is 6.10 Å². The summed E-state index contributed by atoms with van der Waals surface area (Å²) in [6.07, 6.45) is 6.16. The van der Waals surface area contributed by atoms with E-state index in [1.807, 2.05) is 19.1 Å². The third kappa shape index (κ3) is 3.27. The third-order valence-electron chi connectivity index (χ3n) is 3.96. The highest BCUT2D eigenvalue weighted by Crippen LogP contribution is 2.37. The second-order valence-corrected chi connectivity index (χ2v) is 6.55. The second-order valence-electron chi connectivity index (χ2n) is 5.43. The first-order chi connectivity index (χ1) is 10.3. The Hall–Kier alpha value is -1.40. The second kappa shape index (κ2) is 6.58. The molecular formula is C15H21N3O2S. The molecule has 0 radical (unpaired) electrons. The van der Waals surface area contributed by atoms with E-state index in [4.69, 9.17) is 15.0 Å². The van der Waals surface area contributed by atoms with Crippen LogP contribution in [-0.2, 0) is 4.74 Å². The molecule has 5 nitrogen and oxygen atoms in total. The molecule has 1 aliphatic rings. The number of hydrogen-bond donors (Lipinski definition) is 1. The van der Waals surface area contributed by atoms with Crippen LogP contribution >= 0.6 is 11.3 Å². The molecule has 1 saturated carbocycles. The Balaban J connectivity index is 1.81. The number of thiophene rings is 1. The fraction of sp³-hybridized carbons (Fsp3) is 0.600. The number of nitrogens with zero attached hydrogens (tertiary/aromatic N) is 2. The molecule has 1 atom stereocenters. The first-order valence-corrected chi connectivity index (χ1v) is 8.40. The Bertz CT molecular complexity index is 575. The summed E-state index contributed by atoms with van der Waals surface area (Å²) in [5.74, 6) is 1.70. The van der Waals surface area contributed by atoms with Crippen molar-refractivity contribution in [3.8, 4) is 10.8 Å². The van der Waals surface area contributed by atoms with Crippen molar-refractivity contribution >= 4 is 16.3 Å². The molecule has 0 spiro atoms. The molecule has 0 aromatic carbocycles. The van der Waals surface area contributed by atoms with Crippen LogP contribution in [0, 0.1) is 5.92 Å². The zero-order valence-electron chi connectivity index (χ0n) is 12.2. The van der Waals surface area contributed by atoms with E-state index >= 15 is 0 Å². The maximum atomic E-state index is 5.92. The maximum absolute atomic E-state index is 5.92. The zero-order chi connectivity index (χ0) is 14.7. The SMILES string of the molecule is CCOC(c1noc(-c2ccc(N)s2)n1)C1CCCCC1. The van der Waals surface area contributed by atoms with Gasteiger partial charge in [-0.25, -0.2) is 0 Å². The van der Waals surface area contributed by atoms with Gasteiger partial charge in [0.15, 0.2) is 0 Å². The van der Waals surface area contributed by atoms with Crippen molar-refractivity contribution in [2.24, 2.45) is 5.92 Å². The van der Waals surface area contributed by atoms with Crippen LogP contribution in [-0.4, -0.2) is 16.7 Å². The number of anilines is 1. The molecule has 114 valence electrons. The lowest BCUT2D eigenvalue weighted by Gasteiger charge is -2.27. The summed E-state index contributed by atoms with van der Waals surface area (Å²) in [5.41, 5.74) is 5.75. The number of rotatable bonds is 5. The Labute approximate surface area is 128 Å². The van der Waals surface area contributed by atoms with Crippen LogP contribution < -0.4 is 5.73 Å². The molecule has 0 saturated heterocycles. The lowest BCUT2D eigenvalue weighted by atomic mass is 9.85. The van der Waals surface area contributed by atoms with E-state index in [2.05, 4.69) is 10.1 Å². The summed E-state index contributed by atoms with van der Waals surface area (Å²) >= 11 is 1.46. The summed E-state index contributed by atoms with van der Waals surface area (Å²) in [5, 5.41) is 4.90. The topological polar surface area (TPSA) is 74.2 Å². The number of ether oxygens (including phenoxy) is 1. The largest absolute Gasteiger partial charge is 0.391 e. The monoisotopic (exact) mass is 307 g/mol. The van der Waals surface area contributed by atoms with Gasteiger partial charge in [-0.3, -0.25) is 0 Å². The standard InChI is InChI=1S/C15H21N3O2S/c1-2-19-13(10-6-4-3-5-7-10)14-17-15(20-18-14)11-8-9-12(16)21-11/h8-10,13H,2-7,16H2,1H3. The van der Waals surface area contributed by atoms with Crippen molar-refractivity contribution in [2.75, 3.05) is 12.3 Å². The molecule has 2 heterocycles. The van der Waals surface area contributed by atoms with E-state index in [-0.39, 0.29) is 6.10 Å². The van der Waals surface area contributed by atoms with E-state index in [0.29, 0.717) is 24.2 Å². The van der Waals surface area contributed by atoms with E-state index in [1.165, 1.54) is 43.4 Å². The van der Waals surface area contributed by atoms with Crippen LogP contribution in [0.25, 0.3) is 10.8 Å². The van der Waals surface area contributed by atoms with Gasteiger partial charge in [0.25, 0.3) is 5.89 Å². The highest BCUT2D eigenvalue weighted by Gasteiger charge is 2.29. The minimum absolute atomic E-state index is 0.0508. The minimum atomic E-state index is -0.0508. The van der Waals surface area contributed by atoms with E-state index in [1.54, 1.807) is 0 Å². The summed E-state index contributed by atoms with van der Waals surface area (Å²) in [6.45, 7) is 2.67. The highest BCUT2D eigenvalue weighted by atomic mass is 32.1. The van der Waals surface area contributed by atoms with Gasteiger partial charge in [0, 0.05) is 6.61 Å². The average molecular weight is 307 g/mol. The first-order valence-electron chi connectivity index (χ1n) is 7.59. The molecule has 3 rings (SSSR count). The number of hydrogen-bond acceptors (Lipinski definition) is 6. The fourth-order valence-corrected chi connectivity index (χ4v) is 3.65. The molecule has 1 aliphatic carbocycles. The van der Waals surface area contributed by atoms with Gasteiger partial charge in [0.2, 0.25) is 5.82 Å². The van der Waals surface area contributed by atoms with Gasteiger partial charge in [0.05, 0.1) is 9.88 Å². The van der Waals surface area contributed by atoms with E-state index in [9.17, 15) is 0 Å². The van der Waals surface area contributed by atoms with Crippen LogP contribution in [0.5, 0.6) is 0 Å². The Kier molecular flexibility index (Phi) is 4.55. The van der Waals surface area contributed by atoms with Crippen molar-refractivity contribution in [1.29, 1.82) is 0 Å². The summed E-state index contributed by atoms with van der Waals surface area (Å²) in [6, 6.07) is 3.76. The van der Waals surface area contributed by atoms with Gasteiger partial charge in [-0.2, -0.15) is 4.98 Å². The maximum Gasteiger partial charge on any atom is 0.268 e. The molecule has 1 fully saturated rings.